The van der Waals surface area contributed by atoms with E-state index < -0.39 is 162 Å². The third-order valence-corrected chi connectivity index (χ3v) is 24.8. The smallest absolute Gasteiger partial charge is 0.463 e. The highest BCUT2D eigenvalue weighted by molar-refractivity contribution is 7.47. The fraction of sp³-hybridized carbons (Fsp3) is 0.915. The molecule has 1 saturated carbocycles. The molecule has 0 amide bonds. The normalized spacial score (nSPS) is 25.1. The van der Waals surface area contributed by atoms with E-state index in [9.17, 15) is 74.6 Å². The summed E-state index contributed by atoms with van der Waals surface area (Å²) in [7, 11) is -5.81. The number of aliphatic hydroxyl groups is 9. The lowest BCUT2D eigenvalue weighted by Crippen LogP contribution is -2.70. The van der Waals surface area contributed by atoms with Crippen LogP contribution in [0.3, 0.4) is 0 Å². The highest BCUT2D eigenvalue weighted by Gasteiger charge is 2.60. The van der Waals surface area contributed by atoms with Gasteiger partial charge in [-0.05, 0) is 83.0 Å². The number of aliphatic hydroxyl groups excluding tert-OH is 9. The lowest BCUT2D eigenvalue weighted by atomic mass is 9.84. The zero-order chi connectivity index (χ0) is 87.6. The number of ether oxygens (including phenoxy) is 8. The van der Waals surface area contributed by atoms with Crippen molar-refractivity contribution >= 4 is 31.7 Å². The van der Waals surface area contributed by atoms with Crippen LogP contribution in [-0.4, -0.2) is 205 Å². The molecule has 3 aliphatic rings. The summed E-state index contributed by atoms with van der Waals surface area (Å²) in [5.74, 6) is -2.28. The molecule has 0 radical (unpaired) electrons. The monoisotopic (exact) mass is 1730 g/mol. The average Bonchev–Trinajstić information content (AvgIpc) is 0.753. The maximum atomic E-state index is 14.9. The van der Waals surface area contributed by atoms with Gasteiger partial charge in [-0.3, -0.25) is 28.2 Å². The second kappa shape index (κ2) is 71.9. The van der Waals surface area contributed by atoms with Crippen molar-refractivity contribution in [2.24, 2.45) is 5.92 Å². The Morgan fingerprint density at radius 3 is 1.08 bits per heavy atom. The molecule has 2 heterocycles. The molecule has 25 nitrogen and oxygen atoms in total. The van der Waals surface area contributed by atoms with Crippen LogP contribution in [0.4, 0.5) is 0 Å². The van der Waals surface area contributed by atoms with Crippen molar-refractivity contribution in [3.8, 4) is 0 Å². The molecule has 0 aromatic heterocycles. The van der Waals surface area contributed by atoms with Crippen molar-refractivity contribution in [3.05, 3.63) is 24.3 Å². The molecule has 0 spiro atoms. The van der Waals surface area contributed by atoms with Crippen LogP contribution in [-0.2, 0) is 70.7 Å². The number of unbranched alkanes of at least 4 members (excludes halogenated alkanes) is 46. The van der Waals surface area contributed by atoms with Crippen molar-refractivity contribution in [1.82, 2.24) is 0 Å². The predicted octanol–water partition coefficient (Wildman–Crippen LogP) is 18.4. The van der Waals surface area contributed by atoms with Gasteiger partial charge in [-0.25, -0.2) is 4.57 Å². The van der Waals surface area contributed by atoms with Crippen LogP contribution in [0.1, 0.15) is 413 Å². The first-order valence-corrected chi connectivity index (χ1v) is 50.0. The van der Waals surface area contributed by atoms with Crippen molar-refractivity contribution in [2.75, 3.05) is 26.4 Å². The Labute approximate surface area is 724 Å². The molecular formula is C94H173O25P. The third-order valence-electron chi connectivity index (χ3n) is 23.8. The summed E-state index contributed by atoms with van der Waals surface area (Å²) in [5, 5.41) is 102. The first-order valence-electron chi connectivity index (χ1n) is 48.5. The van der Waals surface area contributed by atoms with Gasteiger partial charge in [0.1, 0.15) is 92.6 Å². The Hall–Kier alpha value is -3.05. The van der Waals surface area contributed by atoms with E-state index in [1.165, 1.54) is 154 Å². The van der Waals surface area contributed by atoms with Crippen LogP contribution in [0, 0.1) is 5.92 Å². The van der Waals surface area contributed by atoms with E-state index in [4.69, 9.17) is 46.9 Å². The number of phosphoric ester groups is 1. The highest BCUT2D eigenvalue weighted by atomic mass is 31.2. The van der Waals surface area contributed by atoms with Gasteiger partial charge in [-0.1, -0.05) is 335 Å². The first-order chi connectivity index (χ1) is 58.1. The zero-order valence-corrected chi connectivity index (χ0v) is 76.2. The molecule has 10 N–H and O–H groups in total. The zero-order valence-electron chi connectivity index (χ0n) is 75.3. The van der Waals surface area contributed by atoms with E-state index in [-0.39, 0.29) is 25.7 Å². The Morgan fingerprint density at radius 1 is 0.350 bits per heavy atom. The molecule has 19 atom stereocenters. The van der Waals surface area contributed by atoms with Gasteiger partial charge in [0.2, 0.25) is 0 Å². The van der Waals surface area contributed by atoms with Crippen LogP contribution < -0.4 is 0 Å². The predicted molar refractivity (Wildman–Crippen MR) is 467 cm³/mol. The van der Waals surface area contributed by atoms with Crippen molar-refractivity contribution < 1.29 is 122 Å². The van der Waals surface area contributed by atoms with E-state index in [1.807, 2.05) is 0 Å². The Morgan fingerprint density at radius 2 is 0.675 bits per heavy atom. The van der Waals surface area contributed by atoms with Gasteiger partial charge in [0.15, 0.2) is 24.8 Å². The summed E-state index contributed by atoms with van der Waals surface area (Å²) in [5.41, 5.74) is 0. The summed E-state index contributed by atoms with van der Waals surface area (Å²) < 4.78 is 73.6. The number of hydrogen-bond donors (Lipinski definition) is 10. The van der Waals surface area contributed by atoms with E-state index in [2.05, 4.69) is 58.9 Å². The Bertz CT molecular complexity index is 2600. The molecule has 0 aromatic rings. The second-order valence-corrected chi connectivity index (χ2v) is 36.3. The van der Waals surface area contributed by atoms with Gasteiger partial charge in [0, 0.05) is 25.7 Å². The molecule has 1 aliphatic carbocycles. The largest absolute Gasteiger partial charge is 0.472 e. The average molecular weight is 1730 g/mol. The molecule has 2 saturated heterocycles. The highest BCUT2D eigenvalue weighted by Crippen LogP contribution is 2.49. The SMILES string of the molecule is CCCCCC/C=C\CCCCCCCCCC(=O)OCC1OC(OC2C(OC(=O)CCCCCCCCCCCCCCCCC)C(O)C(O)C(OC3OC(CO)C(O)C(O)C3O)C2OP(=O)(O)OCC(COC(=O)CCCCCCCCC(C)CCCCCCCC)OC(=O)CCCCCCCCC/C=C\CCCCCC)C(O)C(O)C1O. The van der Waals surface area contributed by atoms with E-state index >= 15 is 0 Å². The second-order valence-electron chi connectivity index (χ2n) is 34.9. The van der Waals surface area contributed by atoms with Crippen LogP contribution in [0.2, 0.25) is 0 Å². The number of hydrogen-bond acceptors (Lipinski definition) is 24. The molecular weight excluding hydrogens is 1560 g/mol. The molecule has 120 heavy (non-hydrogen) atoms. The fourth-order valence-corrected chi connectivity index (χ4v) is 17.0. The van der Waals surface area contributed by atoms with Gasteiger partial charge < -0.3 is 88.7 Å². The van der Waals surface area contributed by atoms with Crippen molar-refractivity contribution in [1.29, 1.82) is 0 Å². The van der Waals surface area contributed by atoms with Gasteiger partial charge in [-0.15, -0.1) is 0 Å². The lowest BCUT2D eigenvalue weighted by molar-refractivity contribution is -0.360. The topological polar surface area (TPSA) is 380 Å². The minimum atomic E-state index is -5.81. The quantitative estimate of drug-likeness (QED) is 0.00889. The molecule has 704 valence electrons. The minimum Gasteiger partial charge on any atom is -0.463 e. The van der Waals surface area contributed by atoms with Gasteiger partial charge in [-0.2, -0.15) is 0 Å². The van der Waals surface area contributed by atoms with E-state index in [0.717, 1.165) is 161 Å². The summed E-state index contributed by atoms with van der Waals surface area (Å²) >= 11 is 0. The van der Waals surface area contributed by atoms with E-state index in [1.54, 1.807) is 0 Å². The molecule has 0 aromatic carbocycles. The van der Waals surface area contributed by atoms with Crippen molar-refractivity contribution in [2.45, 2.75) is 518 Å². The van der Waals surface area contributed by atoms with Crippen LogP contribution in [0.5, 0.6) is 0 Å². The number of allylic oxidation sites excluding steroid dienone is 4. The molecule has 19 unspecified atom stereocenters. The van der Waals surface area contributed by atoms with E-state index in [0.29, 0.717) is 44.4 Å². The summed E-state index contributed by atoms with van der Waals surface area (Å²) in [6.45, 7) is 7.92. The number of carbonyl (C=O) groups is 4. The van der Waals surface area contributed by atoms with Crippen molar-refractivity contribution in [3.63, 3.8) is 0 Å². The summed E-state index contributed by atoms with van der Waals surface area (Å²) in [6, 6.07) is 0. The van der Waals surface area contributed by atoms with Gasteiger partial charge >= 0.3 is 31.7 Å². The Kier molecular flexibility index (Phi) is 66.6. The summed E-state index contributed by atoms with van der Waals surface area (Å²) in [6.07, 6.45) is 31.5. The number of phosphoric acid groups is 1. The van der Waals surface area contributed by atoms with Gasteiger partial charge in [0.25, 0.3) is 0 Å². The number of carbonyl (C=O) groups excluding carboxylic acids is 4. The molecule has 0 bridgehead atoms. The lowest BCUT2D eigenvalue weighted by Gasteiger charge is -2.50. The third kappa shape index (κ3) is 51.7. The molecule has 26 heteroatoms. The number of esters is 4. The maximum Gasteiger partial charge on any atom is 0.472 e. The van der Waals surface area contributed by atoms with Crippen LogP contribution in [0.15, 0.2) is 24.3 Å². The molecule has 3 rings (SSSR count). The Balaban J connectivity index is 1.92. The minimum absolute atomic E-state index is 0.00951. The fourth-order valence-electron chi connectivity index (χ4n) is 16.0. The number of rotatable bonds is 78. The summed E-state index contributed by atoms with van der Waals surface area (Å²) in [4.78, 5) is 66.6. The first kappa shape index (κ1) is 111. The molecule has 3 fully saturated rings. The van der Waals surface area contributed by atoms with Crippen LogP contribution >= 0.6 is 7.82 Å². The standard InChI is InChI=1S/C94H173O25P/c1-6-10-14-18-22-25-28-31-34-37-40-43-46-53-60-66-78(97)111-72-76-82(101)84(103)88(107)94(115-76)118-91-89(116-80(99)68-62-56-48-45-42-39-36-33-30-27-24-20-16-12-8-3)85(104)86(105)90(117-93-87(106)83(102)81(100)75(69-95)114-93)92(91)119-120(108,109)112-71-74(113-79(98)67-61-55-47-44-41-38-35-32-29-26-23-19-15-11-7-2)70-110-77(96)65-59-54-50-49-52-58-64-73(5)63-57-51-21-17-13-9-4/h25-26,28-29,73-76,81-95,100-107H,6-24,27,30-72H2,1-5H3,(H,108,109)/b28-25-,29-26-. The van der Waals surface area contributed by atoms with Gasteiger partial charge in [0.05, 0.1) is 13.2 Å². The van der Waals surface area contributed by atoms with Crippen LogP contribution in [0.25, 0.3) is 0 Å². The molecule has 2 aliphatic heterocycles. The maximum absolute atomic E-state index is 14.9.